The van der Waals surface area contributed by atoms with E-state index in [0.29, 0.717) is 40.3 Å². The van der Waals surface area contributed by atoms with Crippen LogP contribution in [0.1, 0.15) is 13.8 Å². The molecule has 2 heterocycles. The standard InChI is InChI=1S/C20H21Cl2N5O3/c1-20(2)29-10-14(30-20)9-28-13-5-3-11(4-6-13)17-15(21)7-12(8-16(17)22)27-19(24)25-18(23)26-27/h3-8,14H,9-10H2,1-2H3,(H4,23,24,25,26). The topological polar surface area (TPSA) is 110 Å². The van der Waals surface area contributed by atoms with Crippen LogP contribution < -0.4 is 16.2 Å². The van der Waals surface area contributed by atoms with E-state index in [1.54, 1.807) is 12.1 Å². The molecule has 0 saturated carbocycles. The van der Waals surface area contributed by atoms with Crippen molar-refractivity contribution in [1.29, 1.82) is 0 Å². The molecule has 4 N–H and O–H groups in total. The molecule has 30 heavy (non-hydrogen) atoms. The maximum atomic E-state index is 6.51. The molecule has 0 bridgehead atoms. The number of hydrogen-bond acceptors (Lipinski definition) is 7. The predicted octanol–water partition coefficient (Wildman–Crippen LogP) is 3.94. The Labute approximate surface area is 183 Å². The Balaban J connectivity index is 1.51. The molecule has 0 radical (unpaired) electrons. The summed E-state index contributed by atoms with van der Waals surface area (Å²) in [5, 5.41) is 4.93. The van der Waals surface area contributed by atoms with Gasteiger partial charge >= 0.3 is 0 Å². The summed E-state index contributed by atoms with van der Waals surface area (Å²) in [5.74, 6) is 0.355. The van der Waals surface area contributed by atoms with Crippen LogP contribution in [-0.4, -0.2) is 39.9 Å². The third-order valence-electron chi connectivity index (χ3n) is 4.57. The summed E-state index contributed by atoms with van der Waals surface area (Å²) in [7, 11) is 0. The molecular formula is C20H21Cl2N5O3. The first kappa shape index (κ1) is 20.7. The summed E-state index contributed by atoms with van der Waals surface area (Å²) in [4.78, 5) is 3.88. The second-order valence-corrected chi connectivity index (χ2v) is 8.12. The van der Waals surface area contributed by atoms with Crippen LogP contribution in [-0.2, 0) is 9.47 Å². The van der Waals surface area contributed by atoms with Crippen molar-refractivity contribution in [1.82, 2.24) is 14.8 Å². The molecule has 1 unspecified atom stereocenters. The number of nitrogens with zero attached hydrogens (tertiary/aromatic N) is 3. The van der Waals surface area contributed by atoms with E-state index in [2.05, 4.69) is 10.1 Å². The quantitative estimate of drug-likeness (QED) is 0.606. The van der Waals surface area contributed by atoms with Crippen molar-refractivity contribution in [2.75, 3.05) is 24.7 Å². The molecule has 1 aromatic heterocycles. The summed E-state index contributed by atoms with van der Waals surface area (Å²) in [6, 6.07) is 10.9. The number of rotatable bonds is 5. The number of nitrogens with two attached hydrogens (primary N) is 2. The van der Waals surface area contributed by atoms with E-state index in [1.807, 2.05) is 38.1 Å². The van der Waals surface area contributed by atoms with Gasteiger partial charge in [-0.25, -0.2) is 0 Å². The third-order valence-corrected chi connectivity index (χ3v) is 5.16. The average Bonchev–Trinajstić information content (AvgIpc) is 3.20. The number of anilines is 2. The average molecular weight is 450 g/mol. The van der Waals surface area contributed by atoms with E-state index >= 15 is 0 Å². The zero-order valence-corrected chi connectivity index (χ0v) is 17.9. The molecule has 2 aromatic carbocycles. The van der Waals surface area contributed by atoms with Crippen molar-refractivity contribution in [3.8, 4) is 22.6 Å². The Kier molecular flexibility index (Phi) is 5.50. The lowest BCUT2D eigenvalue weighted by Gasteiger charge is -2.17. The normalized spacial score (nSPS) is 17.9. The smallest absolute Gasteiger partial charge is 0.241 e. The van der Waals surface area contributed by atoms with Crippen LogP contribution in [0.3, 0.4) is 0 Å². The third kappa shape index (κ3) is 4.32. The van der Waals surface area contributed by atoms with Crippen molar-refractivity contribution in [3.63, 3.8) is 0 Å². The van der Waals surface area contributed by atoms with Crippen LogP contribution >= 0.6 is 23.2 Å². The van der Waals surface area contributed by atoms with E-state index in [-0.39, 0.29) is 18.0 Å². The molecule has 0 aliphatic carbocycles. The van der Waals surface area contributed by atoms with E-state index in [0.717, 1.165) is 5.56 Å². The number of halogens is 2. The highest BCUT2D eigenvalue weighted by Gasteiger charge is 2.32. The summed E-state index contributed by atoms with van der Waals surface area (Å²) in [6.07, 6.45) is -0.102. The van der Waals surface area contributed by atoms with Crippen LogP contribution in [0, 0.1) is 0 Å². The molecule has 4 rings (SSSR count). The SMILES string of the molecule is CC1(C)OCC(COc2ccc(-c3c(Cl)cc(-n4nc(N)nc4N)cc3Cl)cc2)O1. The van der Waals surface area contributed by atoms with E-state index in [4.69, 9.17) is 48.9 Å². The van der Waals surface area contributed by atoms with Crippen LogP contribution in [0.25, 0.3) is 16.8 Å². The summed E-state index contributed by atoms with van der Waals surface area (Å²) in [5.41, 5.74) is 13.5. The van der Waals surface area contributed by atoms with Crippen LogP contribution in [0.2, 0.25) is 10.0 Å². The zero-order valence-electron chi connectivity index (χ0n) is 16.4. The van der Waals surface area contributed by atoms with Gasteiger partial charge in [0.1, 0.15) is 18.5 Å². The molecule has 1 aliphatic rings. The zero-order chi connectivity index (χ0) is 21.5. The van der Waals surface area contributed by atoms with Gasteiger partial charge in [-0.15, -0.1) is 5.10 Å². The largest absolute Gasteiger partial charge is 0.491 e. The summed E-state index contributed by atoms with van der Waals surface area (Å²) < 4.78 is 18.5. The van der Waals surface area contributed by atoms with Gasteiger partial charge in [0.2, 0.25) is 11.9 Å². The maximum absolute atomic E-state index is 6.51. The maximum Gasteiger partial charge on any atom is 0.241 e. The minimum atomic E-state index is -0.569. The first-order valence-corrected chi connectivity index (χ1v) is 10.00. The van der Waals surface area contributed by atoms with E-state index < -0.39 is 5.79 Å². The lowest BCUT2D eigenvalue weighted by molar-refractivity contribution is -0.141. The Morgan fingerprint density at radius 2 is 1.83 bits per heavy atom. The second-order valence-electron chi connectivity index (χ2n) is 7.31. The molecule has 158 valence electrons. The molecule has 1 aliphatic heterocycles. The Hall–Kier alpha value is -2.52. The van der Waals surface area contributed by atoms with Crippen molar-refractivity contribution in [2.24, 2.45) is 0 Å². The molecule has 1 fully saturated rings. The van der Waals surface area contributed by atoms with Gasteiger partial charge in [0.25, 0.3) is 0 Å². The molecule has 0 amide bonds. The number of nitrogen functional groups attached to an aromatic ring is 2. The lowest BCUT2D eigenvalue weighted by Crippen LogP contribution is -2.25. The van der Waals surface area contributed by atoms with Crippen molar-refractivity contribution >= 4 is 35.1 Å². The Morgan fingerprint density at radius 1 is 1.17 bits per heavy atom. The van der Waals surface area contributed by atoms with Crippen LogP contribution in [0.15, 0.2) is 36.4 Å². The Morgan fingerprint density at radius 3 is 2.37 bits per heavy atom. The minimum Gasteiger partial charge on any atom is -0.491 e. The number of hydrogen-bond donors (Lipinski definition) is 2. The van der Waals surface area contributed by atoms with Gasteiger partial charge in [-0.2, -0.15) is 9.67 Å². The fraction of sp³-hybridized carbons (Fsp3) is 0.300. The van der Waals surface area contributed by atoms with Crippen molar-refractivity contribution in [3.05, 3.63) is 46.4 Å². The minimum absolute atomic E-state index is 0.0672. The first-order chi connectivity index (χ1) is 14.2. The molecule has 8 nitrogen and oxygen atoms in total. The second kappa shape index (κ2) is 7.96. The number of aromatic nitrogens is 3. The van der Waals surface area contributed by atoms with Crippen molar-refractivity contribution in [2.45, 2.75) is 25.7 Å². The number of benzene rings is 2. The van der Waals surface area contributed by atoms with Gasteiger partial charge in [-0.3, -0.25) is 0 Å². The molecule has 3 aromatic rings. The van der Waals surface area contributed by atoms with E-state index in [1.165, 1.54) is 4.68 Å². The highest BCUT2D eigenvalue weighted by molar-refractivity contribution is 6.39. The molecule has 10 heteroatoms. The highest BCUT2D eigenvalue weighted by atomic mass is 35.5. The monoisotopic (exact) mass is 449 g/mol. The fourth-order valence-electron chi connectivity index (χ4n) is 3.24. The fourth-order valence-corrected chi connectivity index (χ4v) is 3.93. The van der Waals surface area contributed by atoms with Gasteiger partial charge in [0.15, 0.2) is 5.79 Å². The predicted molar refractivity (Wildman–Crippen MR) is 116 cm³/mol. The Bertz CT molecular complexity index is 1050. The van der Waals surface area contributed by atoms with Gasteiger partial charge in [-0.1, -0.05) is 35.3 Å². The summed E-state index contributed by atoms with van der Waals surface area (Å²) in [6.45, 7) is 4.67. The molecule has 1 saturated heterocycles. The lowest BCUT2D eigenvalue weighted by atomic mass is 10.0. The van der Waals surface area contributed by atoms with Gasteiger partial charge < -0.3 is 25.7 Å². The molecular weight excluding hydrogens is 429 g/mol. The van der Waals surface area contributed by atoms with Crippen LogP contribution in [0.5, 0.6) is 5.75 Å². The van der Waals surface area contributed by atoms with E-state index in [9.17, 15) is 0 Å². The van der Waals surface area contributed by atoms with Crippen LogP contribution in [0.4, 0.5) is 11.9 Å². The highest BCUT2D eigenvalue weighted by Crippen LogP contribution is 2.37. The van der Waals surface area contributed by atoms with Gasteiger partial charge in [-0.05, 0) is 43.7 Å². The van der Waals surface area contributed by atoms with Gasteiger partial charge in [0, 0.05) is 5.56 Å². The summed E-state index contributed by atoms with van der Waals surface area (Å²) >= 11 is 13.0. The van der Waals surface area contributed by atoms with Crippen molar-refractivity contribution < 1.29 is 14.2 Å². The van der Waals surface area contributed by atoms with Gasteiger partial charge in [0.05, 0.1) is 22.3 Å². The molecule has 0 spiro atoms. The first-order valence-electron chi connectivity index (χ1n) is 9.24. The number of ether oxygens (including phenoxy) is 3. The molecule has 1 atom stereocenters.